The van der Waals surface area contributed by atoms with Gasteiger partial charge in [0.2, 0.25) is 0 Å². The van der Waals surface area contributed by atoms with Crippen molar-refractivity contribution in [2.24, 2.45) is 0 Å². The highest BCUT2D eigenvalue weighted by atomic mass is 16.5. The van der Waals surface area contributed by atoms with Gasteiger partial charge in [-0.1, -0.05) is 13.0 Å². The fourth-order valence-electron chi connectivity index (χ4n) is 3.21. The number of nitrogens with two attached hydrogens (primary N) is 1. The lowest BCUT2D eigenvalue weighted by atomic mass is 10.1. The summed E-state index contributed by atoms with van der Waals surface area (Å²) in [6.45, 7) is 4.77. The van der Waals surface area contributed by atoms with Crippen LogP contribution in [0.15, 0.2) is 42.5 Å². The molecular formula is C21H27N3O2. The standard InChI is InChI=1S/C21H27N3O2/c1-2-13-26-18-8-6-7-16(14-18)21(25)23-17-9-10-20(19(22)15-17)24-11-4-3-5-12-24/h6-10,14-15H,2-5,11-13,22H2,1H3,(H,23,25). The molecule has 2 aromatic carbocycles. The third-order valence-corrected chi connectivity index (χ3v) is 4.55. The molecule has 138 valence electrons. The Morgan fingerprint density at radius 2 is 1.96 bits per heavy atom. The zero-order chi connectivity index (χ0) is 18.4. The van der Waals surface area contributed by atoms with Gasteiger partial charge in [0.1, 0.15) is 5.75 Å². The van der Waals surface area contributed by atoms with Crippen LogP contribution in [0, 0.1) is 0 Å². The molecule has 0 spiro atoms. The molecule has 0 atom stereocenters. The van der Waals surface area contributed by atoms with Crippen LogP contribution in [0.2, 0.25) is 0 Å². The van der Waals surface area contributed by atoms with Gasteiger partial charge in [0.05, 0.1) is 18.0 Å². The highest BCUT2D eigenvalue weighted by Crippen LogP contribution is 2.29. The predicted molar refractivity (Wildman–Crippen MR) is 107 cm³/mol. The van der Waals surface area contributed by atoms with E-state index >= 15 is 0 Å². The number of ether oxygens (including phenoxy) is 1. The maximum Gasteiger partial charge on any atom is 0.255 e. The topological polar surface area (TPSA) is 67.6 Å². The maximum atomic E-state index is 12.5. The van der Waals surface area contributed by atoms with E-state index in [9.17, 15) is 4.79 Å². The van der Waals surface area contributed by atoms with Gasteiger partial charge in [-0.3, -0.25) is 4.79 Å². The van der Waals surface area contributed by atoms with Gasteiger partial charge in [-0.25, -0.2) is 0 Å². The molecule has 0 aromatic heterocycles. The van der Waals surface area contributed by atoms with Crippen molar-refractivity contribution in [2.45, 2.75) is 32.6 Å². The Bertz CT molecular complexity index is 755. The summed E-state index contributed by atoms with van der Waals surface area (Å²) in [4.78, 5) is 14.8. The lowest BCUT2D eigenvalue weighted by Crippen LogP contribution is -2.30. The van der Waals surface area contributed by atoms with E-state index in [1.54, 1.807) is 12.1 Å². The second-order valence-electron chi connectivity index (χ2n) is 6.65. The highest BCUT2D eigenvalue weighted by Gasteiger charge is 2.14. The quantitative estimate of drug-likeness (QED) is 0.760. The molecule has 1 fully saturated rings. The van der Waals surface area contributed by atoms with Crippen molar-refractivity contribution in [1.82, 2.24) is 0 Å². The Morgan fingerprint density at radius 1 is 1.15 bits per heavy atom. The molecule has 2 aromatic rings. The summed E-state index contributed by atoms with van der Waals surface area (Å²) in [5.74, 6) is 0.538. The van der Waals surface area contributed by atoms with E-state index < -0.39 is 0 Å². The van der Waals surface area contributed by atoms with Gasteiger partial charge in [0.25, 0.3) is 5.91 Å². The fourth-order valence-corrected chi connectivity index (χ4v) is 3.21. The summed E-state index contributed by atoms with van der Waals surface area (Å²) < 4.78 is 5.59. The van der Waals surface area contributed by atoms with Gasteiger partial charge < -0.3 is 20.7 Å². The number of rotatable bonds is 6. The monoisotopic (exact) mass is 353 g/mol. The Hall–Kier alpha value is -2.69. The molecule has 1 aliphatic rings. The van der Waals surface area contributed by atoms with Gasteiger partial charge in [-0.05, 0) is 62.1 Å². The van der Waals surface area contributed by atoms with E-state index in [-0.39, 0.29) is 5.91 Å². The molecular weight excluding hydrogens is 326 g/mol. The van der Waals surface area contributed by atoms with Crippen LogP contribution in [0.1, 0.15) is 43.0 Å². The normalized spacial score (nSPS) is 14.1. The molecule has 26 heavy (non-hydrogen) atoms. The molecule has 3 N–H and O–H groups in total. The van der Waals surface area contributed by atoms with Gasteiger partial charge in [-0.2, -0.15) is 0 Å². The lowest BCUT2D eigenvalue weighted by Gasteiger charge is -2.30. The number of amides is 1. The number of piperidine rings is 1. The highest BCUT2D eigenvalue weighted by molar-refractivity contribution is 6.04. The molecule has 0 radical (unpaired) electrons. The van der Waals surface area contributed by atoms with Gasteiger partial charge >= 0.3 is 0 Å². The number of carbonyl (C=O) groups excluding carboxylic acids is 1. The van der Waals surface area contributed by atoms with Crippen LogP contribution >= 0.6 is 0 Å². The van der Waals surface area contributed by atoms with E-state index in [0.717, 1.165) is 25.2 Å². The zero-order valence-electron chi connectivity index (χ0n) is 15.3. The average Bonchev–Trinajstić information content (AvgIpc) is 2.67. The van der Waals surface area contributed by atoms with Crippen molar-refractivity contribution in [3.05, 3.63) is 48.0 Å². The van der Waals surface area contributed by atoms with Crippen LogP contribution in [0.5, 0.6) is 5.75 Å². The van der Waals surface area contributed by atoms with Gasteiger partial charge in [0.15, 0.2) is 0 Å². The number of benzene rings is 2. The predicted octanol–water partition coefficient (Wildman–Crippen LogP) is 4.30. The summed E-state index contributed by atoms with van der Waals surface area (Å²) in [6.07, 6.45) is 4.62. The molecule has 5 heteroatoms. The van der Waals surface area contributed by atoms with E-state index in [2.05, 4.69) is 17.1 Å². The zero-order valence-corrected chi connectivity index (χ0v) is 15.3. The van der Waals surface area contributed by atoms with Crippen LogP contribution < -0.4 is 20.7 Å². The molecule has 1 amide bonds. The Kier molecular flexibility index (Phi) is 6.00. The number of hydrogen-bond donors (Lipinski definition) is 2. The van der Waals surface area contributed by atoms with Crippen molar-refractivity contribution >= 4 is 23.0 Å². The Labute approximate surface area is 155 Å². The molecule has 3 rings (SSSR count). The summed E-state index contributed by atoms with van der Waals surface area (Å²) in [7, 11) is 0. The second kappa shape index (κ2) is 8.61. The lowest BCUT2D eigenvalue weighted by molar-refractivity contribution is 0.102. The Balaban J connectivity index is 1.68. The number of anilines is 3. The van der Waals surface area contributed by atoms with Crippen LogP contribution in [0.25, 0.3) is 0 Å². The molecule has 1 aliphatic heterocycles. The van der Waals surface area contributed by atoms with Crippen molar-refractivity contribution in [1.29, 1.82) is 0 Å². The number of nitrogens with zero attached hydrogens (tertiary/aromatic N) is 1. The number of hydrogen-bond acceptors (Lipinski definition) is 4. The van der Waals surface area contributed by atoms with Crippen molar-refractivity contribution < 1.29 is 9.53 Å². The minimum absolute atomic E-state index is 0.169. The summed E-state index contributed by atoms with van der Waals surface area (Å²) in [5.41, 5.74) is 9.25. The molecule has 1 saturated heterocycles. The molecule has 1 heterocycles. The minimum Gasteiger partial charge on any atom is -0.494 e. The molecule has 0 bridgehead atoms. The number of nitrogens with one attached hydrogen (secondary N) is 1. The first-order valence-corrected chi connectivity index (χ1v) is 9.36. The molecule has 0 aliphatic carbocycles. The van der Waals surface area contributed by atoms with Crippen LogP contribution in [0.4, 0.5) is 17.1 Å². The second-order valence-corrected chi connectivity index (χ2v) is 6.65. The third-order valence-electron chi connectivity index (χ3n) is 4.55. The van der Waals surface area contributed by atoms with Gasteiger partial charge in [-0.15, -0.1) is 0 Å². The largest absolute Gasteiger partial charge is 0.494 e. The van der Waals surface area contributed by atoms with Crippen molar-refractivity contribution in [3.63, 3.8) is 0 Å². The minimum atomic E-state index is -0.169. The van der Waals surface area contributed by atoms with E-state index in [0.29, 0.717) is 29.3 Å². The fraction of sp³-hybridized carbons (Fsp3) is 0.381. The molecule has 5 nitrogen and oxygen atoms in total. The van der Waals surface area contributed by atoms with Crippen LogP contribution in [-0.2, 0) is 0 Å². The first kappa shape index (κ1) is 18.1. The smallest absolute Gasteiger partial charge is 0.255 e. The van der Waals surface area contributed by atoms with Crippen LogP contribution in [-0.4, -0.2) is 25.6 Å². The first-order valence-electron chi connectivity index (χ1n) is 9.36. The van der Waals surface area contributed by atoms with Gasteiger partial charge in [0, 0.05) is 24.3 Å². The van der Waals surface area contributed by atoms with Crippen molar-refractivity contribution in [3.8, 4) is 5.75 Å². The average molecular weight is 353 g/mol. The van der Waals surface area contributed by atoms with E-state index in [1.165, 1.54) is 19.3 Å². The molecule has 0 saturated carbocycles. The molecule has 0 unspecified atom stereocenters. The van der Waals surface area contributed by atoms with E-state index in [4.69, 9.17) is 10.5 Å². The maximum absolute atomic E-state index is 12.5. The SMILES string of the molecule is CCCOc1cccc(C(=O)Nc2ccc(N3CCCCC3)c(N)c2)c1. The third kappa shape index (κ3) is 4.48. The van der Waals surface area contributed by atoms with Crippen LogP contribution in [0.3, 0.4) is 0 Å². The Morgan fingerprint density at radius 3 is 2.69 bits per heavy atom. The van der Waals surface area contributed by atoms with E-state index in [1.807, 2.05) is 30.3 Å². The number of carbonyl (C=O) groups is 1. The summed E-state index contributed by atoms with van der Waals surface area (Å²) in [5, 5.41) is 2.92. The number of nitrogen functional groups attached to an aromatic ring is 1. The summed E-state index contributed by atoms with van der Waals surface area (Å²) >= 11 is 0. The summed E-state index contributed by atoms with van der Waals surface area (Å²) in [6, 6.07) is 13.0. The van der Waals surface area contributed by atoms with Crippen molar-refractivity contribution in [2.75, 3.05) is 35.6 Å². The first-order chi connectivity index (χ1) is 12.7.